The minimum atomic E-state index is -0.762. The molecule has 10 heteroatoms. The van der Waals surface area contributed by atoms with Crippen LogP contribution in [-0.4, -0.2) is 30.0 Å². The van der Waals surface area contributed by atoms with Crippen molar-refractivity contribution in [3.63, 3.8) is 0 Å². The number of aromatic amines is 1. The van der Waals surface area contributed by atoms with Crippen molar-refractivity contribution in [3.8, 4) is 11.6 Å². The van der Waals surface area contributed by atoms with Crippen LogP contribution in [0.1, 0.15) is 16.7 Å². The zero-order chi connectivity index (χ0) is 23.3. The van der Waals surface area contributed by atoms with Crippen LogP contribution in [0.15, 0.2) is 54.2 Å². The van der Waals surface area contributed by atoms with Gasteiger partial charge in [-0.05, 0) is 59.1 Å². The molecular formula is C22H20BrN5O4. The maximum atomic E-state index is 12.5. The molecule has 2 heterocycles. The van der Waals surface area contributed by atoms with Crippen LogP contribution >= 0.6 is 15.9 Å². The lowest BCUT2D eigenvalue weighted by Gasteiger charge is -2.13. The average molecular weight is 498 g/mol. The summed E-state index contributed by atoms with van der Waals surface area (Å²) < 4.78 is 4.65. The SMILES string of the molecule is Cc1cccc(-n2c(O)c(C=Nc3cc4c(cc3Br)n(C)c(=O)n4C)c(=O)[nH]c2=O)c1C. The molecule has 0 fully saturated rings. The van der Waals surface area contributed by atoms with Crippen molar-refractivity contribution in [2.75, 3.05) is 0 Å². The monoisotopic (exact) mass is 497 g/mol. The molecule has 0 amide bonds. The molecule has 4 aromatic rings. The fraction of sp³-hybridized carbons (Fsp3) is 0.182. The standard InChI is InChI=1S/C22H20BrN5O4/c1-11-6-5-7-16(12(11)2)28-20(30)13(19(29)25-21(28)31)10-24-15-9-18-17(8-14(15)23)26(3)22(32)27(18)4/h5-10,30H,1-4H3,(H,25,29,31). The summed E-state index contributed by atoms with van der Waals surface area (Å²) in [6.45, 7) is 3.71. The first-order valence-corrected chi connectivity index (χ1v) is 10.4. The van der Waals surface area contributed by atoms with E-state index in [2.05, 4.69) is 25.9 Å². The molecular weight excluding hydrogens is 478 g/mol. The van der Waals surface area contributed by atoms with Crippen molar-refractivity contribution < 1.29 is 5.11 Å². The van der Waals surface area contributed by atoms with Crippen LogP contribution in [0.5, 0.6) is 5.88 Å². The number of hydrogen-bond donors (Lipinski definition) is 2. The van der Waals surface area contributed by atoms with Crippen LogP contribution < -0.4 is 16.9 Å². The lowest BCUT2D eigenvalue weighted by molar-refractivity contribution is 0.430. The lowest BCUT2D eigenvalue weighted by Crippen LogP contribution is -2.31. The Morgan fingerprint density at radius 2 is 1.72 bits per heavy atom. The molecule has 0 aliphatic heterocycles. The van der Waals surface area contributed by atoms with Gasteiger partial charge in [0.25, 0.3) is 5.56 Å². The molecule has 4 rings (SSSR count). The number of rotatable bonds is 3. The van der Waals surface area contributed by atoms with Gasteiger partial charge in [0.15, 0.2) is 0 Å². The van der Waals surface area contributed by atoms with Gasteiger partial charge in [-0.15, -0.1) is 0 Å². The Kier molecular flexibility index (Phi) is 5.25. The van der Waals surface area contributed by atoms with Gasteiger partial charge in [-0.1, -0.05) is 12.1 Å². The summed E-state index contributed by atoms with van der Waals surface area (Å²) in [6.07, 6.45) is 1.20. The summed E-state index contributed by atoms with van der Waals surface area (Å²) in [6, 6.07) is 8.79. The van der Waals surface area contributed by atoms with Gasteiger partial charge in [0, 0.05) is 24.8 Å². The summed E-state index contributed by atoms with van der Waals surface area (Å²) >= 11 is 3.43. The number of aryl methyl sites for hydroxylation is 3. The molecule has 32 heavy (non-hydrogen) atoms. The van der Waals surface area contributed by atoms with Gasteiger partial charge >= 0.3 is 11.4 Å². The van der Waals surface area contributed by atoms with E-state index in [1.807, 2.05) is 19.9 Å². The highest BCUT2D eigenvalue weighted by Gasteiger charge is 2.17. The summed E-state index contributed by atoms with van der Waals surface area (Å²) in [5.74, 6) is -0.513. The average Bonchev–Trinajstić information content (AvgIpc) is 2.94. The number of halogens is 1. The Morgan fingerprint density at radius 1 is 1.06 bits per heavy atom. The van der Waals surface area contributed by atoms with E-state index in [1.165, 1.54) is 15.3 Å². The molecule has 0 spiro atoms. The summed E-state index contributed by atoms with van der Waals surface area (Å²) in [5.41, 5.74) is 2.14. The van der Waals surface area contributed by atoms with Crippen molar-refractivity contribution in [3.05, 3.63) is 82.8 Å². The fourth-order valence-corrected chi connectivity index (χ4v) is 4.03. The topological polar surface area (TPSA) is 114 Å². The van der Waals surface area contributed by atoms with Crippen molar-refractivity contribution >= 4 is 38.9 Å². The van der Waals surface area contributed by atoms with Gasteiger partial charge in [-0.3, -0.25) is 23.9 Å². The first-order valence-electron chi connectivity index (χ1n) is 9.65. The molecule has 0 aliphatic carbocycles. The third kappa shape index (κ3) is 3.32. The normalized spacial score (nSPS) is 11.7. The highest BCUT2D eigenvalue weighted by Crippen LogP contribution is 2.30. The molecule has 2 aromatic heterocycles. The third-order valence-corrected chi connectivity index (χ3v) is 6.25. The number of aromatic hydroxyl groups is 1. The quantitative estimate of drug-likeness (QED) is 0.423. The van der Waals surface area contributed by atoms with Crippen molar-refractivity contribution in [2.45, 2.75) is 13.8 Å². The molecule has 0 atom stereocenters. The van der Waals surface area contributed by atoms with E-state index in [1.54, 1.807) is 38.4 Å². The van der Waals surface area contributed by atoms with E-state index < -0.39 is 17.1 Å². The van der Waals surface area contributed by atoms with Crippen LogP contribution in [0.4, 0.5) is 5.69 Å². The Hall–Kier alpha value is -3.66. The van der Waals surface area contributed by atoms with E-state index >= 15 is 0 Å². The minimum absolute atomic E-state index is 0.167. The lowest BCUT2D eigenvalue weighted by atomic mass is 10.1. The minimum Gasteiger partial charge on any atom is -0.493 e. The number of nitrogens with zero attached hydrogens (tertiary/aromatic N) is 4. The molecule has 0 unspecified atom stereocenters. The van der Waals surface area contributed by atoms with Gasteiger partial charge in [-0.25, -0.2) is 14.2 Å². The third-order valence-electron chi connectivity index (χ3n) is 5.61. The van der Waals surface area contributed by atoms with Gasteiger partial charge in [-0.2, -0.15) is 0 Å². The predicted octanol–water partition coefficient (Wildman–Crippen LogP) is 2.55. The zero-order valence-electron chi connectivity index (χ0n) is 17.8. The highest BCUT2D eigenvalue weighted by atomic mass is 79.9. The van der Waals surface area contributed by atoms with Gasteiger partial charge < -0.3 is 5.11 Å². The predicted molar refractivity (Wildman–Crippen MR) is 127 cm³/mol. The Balaban J connectivity index is 1.89. The molecule has 2 aromatic carbocycles. The van der Waals surface area contributed by atoms with Gasteiger partial charge in [0.2, 0.25) is 5.88 Å². The molecule has 0 aliphatic rings. The summed E-state index contributed by atoms with van der Waals surface area (Å²) in [5, 5.41) is 10.8. The fourth-order valence-electron chi connectivity index (χ4n) is 3.60. The smallest absolute Gasteiger partial charge is 0.335 e. The van der Waals surface area contributed by atoms with Crippen molar-refractivity contribution in [2.24, 2.45) is 19.1 Å². The number of imidazole rings is 1. The Morgan fingerprint density at radius 3 is 2.41 bits per heavy atom. The molecule has 0 saturated carbocycles. The number of benzene rings is 2. The first kappa shape index (κ1) is 21.6. The molecule has 2 N–H and O–H groups in total. The number of fused-ring (bicyclic) bond motifs is 1. The second-order valence-electron chi connectivity index (χ2n) is 7.50. The molecule has 0 saturated heterocycles. The molecule has 0 radical (unpaired) electrons. The van der Waals surface area contributed by atoms with Gasteiger partial charge in [0.1, 0.15) is 5.56 Å². The van der Waals surface area contributed by atoms with Crippen LogP contribution in [0.25, 0.3) is 16.7 Å². The van der Waals surface area contributed by atoms with Crippen LogP contribution in [0.2, 0.25) is 0 Å². The number of hydrogen-bond acceptors (Lipinski definition) is 5. The van der Waals surface area contributed by atoms with Crippen molar-refractivity contribution in [1.29, 1.82) is 0 Å². The van der Waals surface area contributed by atoms with Crippen molar-refractivity contribution in [1.82, 2.24) is 18.7 Å². The van der Waals surface area contributed by atoms with E-state index in [-0.39, 0.29) is 11.3 Å². The maximum absolute atomic E-state index is 12.5. The highest BCUT2D eigenvalue weighted by molar-refractivity contribution is 9.10. The largest absolute Gasteiger partial charge is 0.493 e. The number of H-pyrrole nitrogens is 1. The number of nitrogens with one attached hydrogen (secondary N) is 1. The number of aromatic nitrogens is 4. The Labute approximate surface area is 190 Å². The van der Waals surface area contributed by atoms with Crippen LogP contribution in [0.3, 0.4) is 0 Å². The molecule has 164 valence electrons. The second-order valence-corrected chi connectivity index (χ2v) is 8.36. The van der Waals surface area contributed by atoms with E-state index in [0.717, 1.165) is 15.7 Å². The summed E-state index contributed by atoms with van der Waals surface area (Å²) in [4.78, 5) is 43.7. The molecule has 9 nitrogen and oxygen atoms in total. The van der Waals surface area contributed by atoms with Crippen LogP contribution in [-0.2, 0) is 14.1 Å². The van der Waals surface area contributed by atoms with Gasteiger partial charge in [0.05, 0.1) is 22.4 Å². The maximum Gasteiger partial charge on any atom is 0.335 e. The molecule has 0 bridgehead atoms. The summed E-state index contributed by atoms with van der Waals surface area (Å²) in [7, 11) is 3.33. The zero-order valence-corrected chi connectivity index (χ0v) is 19.4. The first-order chi connectivity index (χ1) is 15.1. The number of aliphatic imine (C=N–C) groups is 1. The van der Waals surface area contributed by atoms with E-state index in [0.29, 0.717) is 26.9 Å². The van der Waals surface area contributed by atoms with E-state index in [4.69, 9.17) is 0 Å². The second kappa shape index (κ2) is 7.79. The van der Waals surface area contributed by atoms with E-state index in [9.17, 15) is 19.5 Å². The van der Waals surface area contributed by atoms with Crippen LogP contribution in [0, 0.1) is 13.8 Å². The Bertz CT molecular complexity index is 1600.